The van der Waals surface area contributed by atoms with E-state index >= 15 is 0 Å². The predicted octanol–water partition coefficient (Wildman–Crippen LogP) is 2.32. The van der Waals surface area contributed by atoms with E-state index < -0.39 is 17.9 Å². The van der Waals surface area contributed by atoms with E-state index in [1.54, 1.807) is 6.92 Å². The minimum Gasteiger partial charge on any atom is -0.368 e. The lowest BCUT2D eigenvalue weighted by molar-refractivity contribution is -0.128. The number of fused-ring (bicyclic) bond motifs is 3. The molecule has 0 aliphatic heterocycles. The fourth-order valence-corrected chi connectivity index (χ4v) is 3.43. The summed E-state index contributed by atoms with van der Waals surface area (Å²) < 4.78 is 0. The Morgan fingerprint density at radius 1 is 1.12 bits per heavy atom. The van der Waals surface area contributed by atoms with Crippen LogP contribution in [0.3, 0.4) is 0 Å². The van der Waals surface area contributed by atoms with Crippen molar-refractivity contribution in [2.75, 3.05) is 0 Å². The summed E-state index contributed by atoms with van der Waals surface area (Å²) >= 11 is 0. The molecule has 0 bridgehead atoms. The predicted molar refractivity (Wildman–Crippen MR) is 94.2 cm³/mol. The normalized spacial score (nSPS) is 14.7. The first-order chi connectivity index (χ1) is 12.0. The highest BCUT2D eigenvalue weighted by atomic mass is 16.2. The SMILES string of the molecule is C[C@H](CC#N)[C@H](NC(=O)C1c2ccccc2-c2ccccc21)C(N)=O. The molecule has 0 unspecified atom stereocenters. The van der Waals surface area contributed by atoms with E-state index in [-0.39, 0.29) is 18.2 Å². The van der Waals surface area contributed by atoms with Crippen LogP contribution in [0, 0.1) is 17.2 Å². The zero-order valence-electron chi connectivity index (χ0n) is 13.9. The first kappa shape index (κ1) is 16.7. The maximum atomic E-state index is 13.0. The lowest BCUT2D eigenvalue weighted by Gasteiger charge is -2.23. The molecule has 0 radical (unpaired) electrons. The van der Waals surface area contributed by atoms with Crippen LogP contribution in [0.2, 0.25) is 0 Å². The average molecular weight is 333 g/mol. The maximum Gasteiger partial charge on any atom is 0.240 e. The summed E-state index contributed by atoms with van der Waals surface area (Å²) in [4.78, 5) is 24.7. The van der Waals surface area contributed by atoms with Crippen LogP contribution in [-0.2, 0) is 9.59 Å². The number of nitrogens with two attached hydrogens (primary N) is 1. The van der Waals surface area contributed by atoms with Crippen molar-refractivity contribution in [1.29, 1.82) is 5.26 Å². The Kier molecular flexibility index (Phi) is 4.53. The van der Waals surface area contributed by atoms with Crippen LogP contribution < -0.4 is 11.1 Å². The monoisotopic (exact) mass is 333 g/mol. The number of hydrogen-bond donors (Lipinski definition) is 2. The van der Waals surface area contributed by atoms with Gasteiger partial charge in [-0.05, 0) is 28.2 Å². The van der Waals surface area contributed by atoms with Crippen LogP contribution >= 0.6 is 0 Å². The maximum absolute atomic E-state index is 13.0. The van der Waals surface area contributed by atoms with E-state index in [1.807, 2.05) is 54.6 Å². The van der Waals surface area contributed by atoms with Gasteiger partial charge in [0.15, 0.2) is 0 Å². The van der Waals surface area contributed by atoms with Gasteiger partial charge in [-0.1, -0.05) is 55.5 Å². The second-order valence-electron chi connectivity index (χ2n) is 6.34. The molecule has 5 heteroatoms. The summed E-state index contributed by atoms with van der Waals surface area (Å²) in [7, 11) is 0. The lowest BCUT2D eigenvalue weighted by Crippen LogP contribution is -2.49. The number of amides is 2. The molecule has 1 aliphatic carbocycles. The van der Waals surface area contributed by atoms with Gasteiger partial charge in [0.1, 0.15) is 6.04 Å². The molecule has 0 aromatic heterocycles. The quantitative estimate of drug-likeness (QED) is 0.879. The highest BCUT2D eigenvalue weighted by molar-refractivity contribution is 5.98. The molecule has 0 spiro atoms. The van der Waals surface area contributed by atoms with Crippen molar-refractivity contribution in [2.24, 2.45) is 11.7 Å². The number of nitriles is 1. The van der Waals surface area contributed by atoms with Gasteiger partial charge < -0.3 is 11.1 Å². The van der Waals surface area contributed by atoms with Crippen LogP contribution in [0.5, 0.6) is 0 Å². The highest BCUT2D eigenvalue weighted by Gasteiger charge is 2.35. The van der Waals surface area contributed by atoms with Crippen molar-refractivity contribution in [3.8, 4) is 17.2 Å². The average Bonchev–Trinajstić information content (AvgIpc) is 2.94. The van der Waals surface area contributed by atoms with E-state index in [0.717, 1.165) is 22.3 Å². The smallest absolute Gasteiger partial charge is 0.240 e. The van der Waals surface area contributed by atoms with Gasteiger partial charge in [0.2, 0.25) is 11.8 Å². The van der Waals surface area contributed by atoms with Crippen LogP contribution in [0.15, 0.2) is 48.5 Å². The van der Waals surface area contributed by atoms with Crippen molar-refractivity contribution < 1.29 is 9.59 Å². The van der Waals surface area contributed by atoms with E-state index in [2.05, 4.69) is 5.32 Å². The van der Waals surface area contributed by atoms with Crippen molar-refractivity contribution in [3.63, 3.8) is 0 Å². The summed E-state index contributed by atoms with van der Waals surface area (Å²) in [6.07, 6.45) is 0.145. The summed E-state index contributed by atoms with van der Waals surface area (Å²) in [6.45, 7) is 1.73. The molecule has 25 heavy (non-hydrogen) atoms. The van der Waals surface area contributed by atoms with Gasteiger partial charge in [-0.2, -0.15) is 5.26 Å². The number of rotatable bonds is 5. The first-order valence-electron chi connectivity index (χ1n) is 8.19. The number of hydrogen-bond acceptors (Lipinski definition) is 3. The second kappa shape index (κ2) is 6.78. The Morgan fingerprint density at radius 3 is 2.12 bits per heavy atom. The van der Waals surface area contributed by atoms with Crippen molar-refractivity contribution in [1.82, 2.24) is 5.32 Å². The lowest BCUT2D eigenvalue weighted by atomic mass is 9.93. The molecule has 5 nitrogen and oxygen atoms in total. The first-order valence-corrected chi connectivity index (χ1v) is 8.19. The zero-order valence-corrected chi connectivity index (χ0v) is 13.9. The number of primary amides is 1. The Morgan fingerprint density at radius 2 is 1.64 bits per heavy atom. The third-order valence-electron chi connectivity index (χ3n) is 4.68. The third-order valence-corrected chi connectivity index (χ3v) is 4.68. The van der Waals surface area contributed by atoms with E-state index in [1.165, 1.54) is 0 Å². The second-order valence-corrected chi connectivity index (χ2v) is 6.34. The summed E-state index contributed by atoms with van der Waals surface area (Å²) in [5.41, 5.74) is 9.32. The van der Waals surface area contributed by atoms with Gasteiger partial charge in [-0.3, -0.25) is 9.59 Å². The van der Waals surface area contributed by atoms with Gasteiger partial charge in [0.05, 0.1) is 12.0 Å². The standard InChI is InChI=1S/C20H19N3O2/c1-12(10-11-21)18(19(22)24)23-20(25)17-15-8-4-2-6-13(15)14-7-3-5-9-16(14)17/h2-9,12,17-18H,10H2,1H3,(H2,22,24)(H,23,25)/t12-,18+/m1/s1. The molecule has 2 aromatic rings. The topological polar surface area (TPSA) is 96.0 Å². The molecule has 2 aromatic carbocycles. The van der Waals surface area contributed by atoms with Gasteiger partial charge in [0, 0.05) is 6.42 Å². The molecule has 2 amide bonds. The molecular formula is C20H19N3O2. The number of carbonyl (C=O) groups is 2. The number of benzene rings is 2. The van der Waals surface area contributed by atoms with E-state index in [4.69, 9.17) is 11.0 Å². The molecule has 3 N–H and O–H groups in total. The molecule has 0 saturated heterocycles. The molecule has 0 saturated carbocycles. The summed E-state index contributed by atoms with van der Waals surface area (Å²) in [6, 6.07) is 16.7. The van der Waals surface area contributed by atoms with Crippen LogP contribution in [-0.4, -0.2) is 17.9 Å². The van der Waals surface area contributed by atoms with E-state index in [9.17, 15) is 9.59 Å². The van der Waals surface area contributed by atoms with Crippen molar-refractivity contribution in [2.45, 2.75) is 25.3 Å². The fourth-order valence-electron chi connectivity index (χ4n) is 3.43. The van der Waals surface area contributed by atoms with Gasteiger partial charge >= 0.3 is 0 Å². The molecule has 0 fully saturated rings. The zero-order chi connectivity index (χ0) is 18.0. The van der Waals surface area contributed by atoms with Gasteiger partial charge in [0.25, 0.3) is 0 Å². The van der Waals surface area contributed by atoms with Crippen molar-refractivity contribution in [3.05, 3.63) is 59.7 Å². The minimum atomic E-state index is -0.868. The molecule has 2 atom stereocenters. The molecule has 1 aliphatic rings. The summed E-state index contributed by atoms with van der Waals surface area (Å²) in [5.74, 6) is -1.73. The fraction of sp³-hybridized carbons (Fsp3) is 0.250. The highest BCUT2D eigenvalue weighted by Crippen LogP contribution is 2.44. The Labute approximate surface area is 146 Å². The molecular weight excluding hydrogens is 314 g/mol. The van der Waals surface area contributed by atoms with Crippen LogP contribution in [0.1, 0.15) is 30.4 Å². The van der Waals surface area contributed by atoms with Gasteiger partial charge in [-0.15, -0.1) is 0 Å². The Hall–Kier alpha value is -3.13. The Bertz CT molecular complexity index is 824. The molecule has 3 rings (SSSR count). The Balaban J connectivity index is 1.95. The van der Waals surface area contributed by atoms with E-state index in [0.29, 0.717) is 0 Å². The third kappa shape index (κ3) is 2.99. The minimum absolute atomic E-state index is 0.145. The largest absolute Gasteiger partial charge is 0.368 e. The number of nitrogens with zero attached hydrogens (tertiary/aromatic N) is 1. The van der Waals surface area contributed by atoms with Crippen molar-refractivity contribution >= 4 is 11.8 Å². The van der Waals surface area contributed by atoms with Crippen LogP contribution in [0.4, 0.5) is 0 Å². The van der Waals surface area contributed by atoms with Gasteiger partial charge in [-0.25, -0.2) is 0 Å². The molecule has 126 valence electrons. The van der Waals surface area contributed by atoms with Crippen LogP contribution in [0.25, 0.3) is 11.1 Å². The summed E-state index contributed by atoms with van der Waals surface area (Å²) in [5, 5.41) is 11.6. The molecule has 0 heterocycles. The number of nitrogens with one attached hydrogen (secondary N) is 1. The number of carbonyl (C=O) groups excluding carboxylic acids is 2.